The molecule has 1 aromatic heterocycles. The van der Waals surface area contributed by atoms with E-state index in [2.05, 4.69) is 25.6 Å². The fraction of sp³-hybridized carbons (Fsp3) is 0.409. The molecule has 0 saturated carbocycles. The number of halogens is 4. The van der Waals surface area contributed by atoms with Gasteiger partial charge in [-0.05, 0) is 41.3 Å². The van der Waals surface area contributed by atoms with Crippen molar-refractivity contribution in [2.45, 2.75) is 49.7 Å². The molecule has 2 aliphatic rings. The number of hydrogen-bond donors (Lipinski definition) is 1. The molecular formula is C22H22ClF3N6O3. The molecule has 2 unspecified atom stereocenters. The highest BCUT2D eigenvalue weighted by Gasteiger charge is 2.47. The van der Waals surface area contributed by atoms with Crippen LogP contribution < -0.4 is 5.32 Å². The van der Waals surface area contributed by atoms with Crippen molar-refractivity contribution in [3.63, 3.8) is 0 Å². The van der Waals surface area contributed by atoms with Crippen molar-refractivity contribution in [3.8, 4) is 0 Å². The minimum absolute atomic E-state index is 0.117. The highest BCUT2D eigenvalue weighted by atomic mass is 35.5. The highest BCUT2D eigenvalue weighted by molar-refractivity contribution is 6.29. The lowest BCUT2D eigenvalue weighted by molar-refractivity contribution is -0.342. The fourth-order valence-electron chi connectivity index (χ4n) is 4.22. The summed E-state index contributed by atoms with van der Waals surface area (Å²) in [5, 5.41) is 11.0. The van der Waals surface area contributed by atoms with E-state index in [1.54, 1.807) is 30.3 Å². The number of alkyl halides is 4. The van der Waals surface area contributed by atoms with Crippen LogP contribution in [0.5, 0.6) is 0 Å². The number of rotatable bonds is 6. The van der Waals surface area contributed by atoms with E-state index >= 15 is 0 Å². The second-order valence-electron chi connectivity index (χ2n) is 8.19. The molecule has 0 spiro atoms. The molecule has 1 aliphatic carbocycles. The maximum Gasteiger partial charge on any atom is 0.524 e. The van der Waals surface area contributed by atoms with Crippen LogP contribution in [0, 0.1) is 0 Å². The van der Waals surface area contributed by atoms with Gasteiger partial charge in [-0.3, -0.25) is 14.3 Å². The molecule has 1 saturated heterocycles. The van der Waals surface area contributed by atoms with Crippen LogP contribution in [0.4, 0.5) is 13.2 Å². The fourth-order valence-corrected chi connectivity index (χ4v) is 4.63. The molecule has 35 heavy (non-hydrogen) atoms. The summed E-state index contributed by atoms with van der Waals surface area (Å²) in [7, 11) is 0. The zero-order valence-electron chi connectivity index (χ0n) is 18.4. The molecule has 9 nitrogen and oxygen atoms in total. The zero-order chi connectivity index (χ0) is 25.1. The second-order valence-corrected chi connectivity index (χ2v) is 8.80. The highest BCUT2D eigenvalue weighted by Crippen LogP contribution is 2.45. The van der Waals surface area contributed by atoms with Crippen LogP contribution in [0.15, 0.2) is 54.5 Å². The average molecular weight is 511 g/mol. The van der Waals surface area contributed by atoms with Crippen LogP contribution in [-0.4, -0.2) is 60.9 Å². The van der Waals surface area contributed by atoms with Gasteiger partial charge in [-0.25, -0.2) is 4.68 Å². The van der Waals surface area contributed by atoms with E-state index in [1.165, 1.54) is 28.1 Å². The Balaban J connectivity index is 1.53. The molecule has 2 aromatic rings. The van der Waals surface area contributed by atoms with Gasteiger partial charge in [0.2, 0.25) is 11.8 Å². The molecule has 186 valence electrons. The van der Waals surface area contributed by atoms with Crippen LogP contribution in [-0.2, 0) is 20.9 Å². The first-order valence-electron chi connectivity index (χ1n) is 10.9. The Morgan fingerprint density at radius 3 is 2.66 bits per heavy atom. The minimum Gasteiger partial charge on any atom is -0.329 e. The van der Waals surface area contributed by atoms with Gasteiger partial charge in [0.25, 0.3) is 0 Å². The van der Waals surface area contributed by atoms with Crippen LogP contribution in [0.25, 0.3) is 5.57 Å². The van der Waals surface area contributed by atoms with Crippen molar-refractivity contribution in [3.05, 3.63) is 60.1 Å². The number of carbonyl (C=O) groups is 2. The molecule has 1 N–H and O–H groups in total. The van der Waals surface area contributed by atoms with Gasteiger partial charge in [0.15, 0.2) is 5.06 Å². The molecule has 0 radical (unpaired) electrons. The number of hydrogen-bond acceptors (Lipinski definition) is 6. The van der Waals surface area contributed by atoms with Gasteiger partial charge in [0.05, 0.1) is 0 Å². The third kappa shape index (κ3) is 6.06. The summed E-state index contributed by atoms with van der Waals surface area (Å²) in [6, 6.07) is 7.53. The van der Waals surface area contributed by atoms with E-state index in [-0.39, 0.29) is 23.7 Å². The van der Waals surface area contributed by atoms with Crippen molar-refractivity contribution >= 4 is 29.0 Å². The molecule has 4 rings (SSSR count). The number of amides is 2. The van der Waals surface area contributed by atoms with Crippen LogP contribution in [0.1, 0.15) is 31.2 Å². The topological polar surface area (TPSA) is 102 Å². The molecule has 0 bridgehead atoms. The van der Waals surface area contributed by atoms with E-state index in [1.807, 2.05) is 0 Å². The molecule has 2 atom stereocenters. The predicted molar refractivity (Wildman–Crippen MR) is 118 cm³/mol. The molecule has 1 fully saturated rings. The van der Waals surface area contributed by atoms with Gasteiger partial charge < -0.3 is 10.2 Å². The summed E-state index contributed by atoms with van der Waals surface area (Å²) in [6.45, 7) is 0.236. The number of piperidine rings is 1. The number of nitrogens with zero attached hydrogens (tertiary/aromatic N) is 5. The van der Waals surface area contributed by atoms with E-state index in [4.69, 9.17) is 11.6 Å². The van der Waals surface area contributed by atoms with Crippen LogP contribution in [0.3, 0.4) is 0 Å². The van der Waals surface area contributed by atoms with Crippen LogP contribution in [0.2, 0.25) is 0 Å². The lowest BCUT2D eigenvalue weighted by Crippen LogP contribution is -2.53. The van der Waals surface area contributed by atoms with Gasteiger partial charge >= 0.3 is 6.36 Å². The van der Waals surface area contributed by atoms with Gasteiger partial charge in [-0.15, -0.1) is 18.3 Å². The van der Waals surface area contributed by atoms with Crippen molar-refractivity contribution in [1.82, 2.24) is 30.4 Å². The van der Waals surface area contributed by atoms with Gasteiger partial charge in [-0.2, -0.15) is 0 Å². The first-order chi connectivity index (χ1) is 16.6. The van der Waals surface area contributed by atoms with Crippen molar-refractivity contribution < 1.29 is 27.5 Å². The Labute approximate surface area is 203 Å². The van der Waals surface area contributed by atoms with Crippen molar-refractivity contribution in [1.29, 1.82) is 0 Å². The van der Waals surface area contributed by atoms with Gasteiger partial charge in [0.1, 0.15) is 18.9 Å². The Morgan fingerprint density at radius 2 is 1.97 bits per heavy atom. The Morgan fingerprint density at radius 1 is 1.20 bits per heavy atom. The minimum atomic E-state index is -5.01. The maximum absolute atomic E-state index is 13.2. The number of likely N-dealkylation sites (tertiary alicyclic amines) is 1. The SMILES string of the molecule is O=C(NC1=CC=C(c2ccccc2)C(Cl)(OC(F)(F)F)C1)C1CCCCN1C(=O)Cn1cnnn1. The first kappa shape index (κ1) is 24.9. The van der Waals surface area contributed by atoms with E-state index in [0.29, 0.717) is 18.5 Å². The summed E-state index contributed by atoms with van der Waals surface area (Å²) in [4.78, 5) is 27.3. The maximum atomic E-state index is 13.2. The molecular weight excluding hydrogens is 489 g/mol. The van der Waals surface area contributed by atoms with Crippen molar-refractivity contribution in [2.75, 3.05) is 6.54 Å². The third-order valence-electron chi connectivity index (χ3n) is 5.73. The van der Waals surface area contributed by atoms with Crippen LogP contribution >= 0.6 is 11.6 Å². The summed E-state index contributed by atoms with van der Waals surface area (Å²) in [5.74, 6) is -0.850. The average Bonchev–Trinajstić information content (AvgIpc) is 3.31. The summed E-state index contributed by atoms with van der Waals surface area (Å²) < 4.78 is 45.3. The molecule has 2 heterocycles. The lowest BCUT2D eigenvalue weighted by Gasteiger charge is -2.37. The smallest absolute Gasteiger partial charge is 0.329 e. The third-order valence-corrected chi connectivity index (χ3v) is 6.15. The first-order valence-corrected chi connectivity index (χ1v) is 11.3. The molecule has 1 aliphatic heterocycles. The molecule has 2 amide bonds. The largest absolute Gasteiger partial charge is 0.524 e. The number of ether oxygens (including phenoxy) is 1. The standard InChI is InChI=1S/C22H22ClF3N6O3/c23-21(35-22(24,25)26)12-16(9-10-17(21)15-6-2-1-3-7-15)28-20(34)18-8-4-5-11-32(18)19(33)13-31-14-27-29-30-31/h1-3,6-7,9-10,14,18H,4-5,8,11-13H2,(H,28,34). The van der Waals surface area contributed by atoms with Gasteiger partial charge in [-0.1, -0.05) is 48.0 Å². The summed E-state index contributed by atoms with van der Waals surface area (Å²) >= 11 is 6.39. The predicted octanol–water partition coefficient (Wildman–Crippen LogP) is 3.01. The van der Waals surface area contributed by atoms with E-state index in [0.717, 1.165) is 12.8 Å². The number of allylic oxidation sites excluding steroid dienone is 2. The summed E-state index contributed by atoms with van der Waals surface area (Å²) in [5.41, 5.74) is 0.721. The molecule has 1 aromatic carbocycles. The monoisotopic (exact) mass is 510 g/mol. The lowest BCUT2D eigenvalue weighted by atomic mass is 9.92. The number of aromatic nitrogens is 4. The number of tetrazole rings is 1. The second kappa shape index (κ2) is 10.2. The van der Waals surface area contributed by atoms with E-state index < -0.39 is 29.8 Å². The zero-order valence-corrected chi connectivity index (χ0v) is 19.2. The number of benzene rings is 1. The van der Waals surface area contributed by atoms with E-state index in [9.17, 15) is 22.8 Å². The number of nitrogens with one attached hydrogen (secondary N) is 1. The van der Waals surface area contributed by atoms with Crippen molar-refractivity contribution in [2.24, 2.45) is 0 Å². The molecule has 13 heteroatoms. The summed E-state index contributed by atoms with van der Waals surface area (Å²) in [6.07, 6.45) is 0.599. The number of carbonyl (C=O) groups excluding carboxylic acids is 2. The Hall–Kier alpha value is -3.25. The Kier molecular flexibility index (Phi) is 7.22. The van der Waals surface area contributed by atoms with Gasteiger partial charge in [0, 0.05) is 24.2 Å². The Bertz CT molecular complexity index is 1120. The quantitative estimate of drug-likeness (QED) is 0.599. The normalized spacial score (nSPS) is 22.9.